The average Bonchev–Trinajstić information content (AvgIpc) is 3.23. The van der Waals surface area contributed by atoms with E-state index >= 15 is 0 Å². The standard InChI is InChI=1S/C22H24N6O3/c1-5-31-17-11-10-15(12-18(17)30-4)20-19(14(3)23-22-25-26-27-28(20)22)21(29)24-16-9-7-6-8-13(16)2/h6-12,20H,5H2,1-4H3,(H,24,29)(H,23,25,27)/t20-/m0/s1. The number of tetrazole rings is 1. The fourth-order valence-electron chi connectivity index (χ4n) is 3.65. The maximum atomic E-state index is 13.4. The maximum absolute atomic E-state index is 13.4. The molecule has 1 atom stereocenters. The number of aromatic nitrogens is 4. The van der Waals surface area contributed by atoms with Crippen LogP contribution in [0.2, 0.25) is 0 Å². The summed E-state index contributed by atoms with van der Waals surface area (Å²) in [6, 6.07) is 12.7. The number of carbonyl (C=O) groups excluding carboxylic acids is 1. The first-order valence-corrected chi connectivity index (χ1v) is 9.96. The number of amides is 1. The number of fused-ring (bicyclic) bond motifs is 1. The van der Waals surface area contributed by atoms with E-state index in [-0.39, 0.29) is 5.91 Å². The highest BCUT2D eigenvalue weighted by Crippen LogP contribution is 2.38. The van der Waals surface area contributed by atoms with Gasteiger partial charge in [0.15, 0.2) is 11.5 Å². The van der Waals surface area contributed by atoms with E-state index in [1.54, 1.807) is 11.8 Å². The first-order valence-electron chi connectivity index (χ1n) is 9.96. The van der Waals surface area contributed by atoms with Crippen molar-refractivity contribution < 1.29 is 14.3 Å². The van der Waals surface area contributed by atoms with Crippen molar-refractivity contribution in [1.29, 1.82) is 0 Å². The number of para-hydroxylation sites is 1. The Hall–Kier alpha value is -3.88. The van der Waals surface area contributed by atoms with Gasteiger partial charge in [-0.15, -0.1) is 0 Å². The van der Waals surface area contributed by atoms with Crippen LogP contribution in [0, 0.1) is 6.92 Å². The summed E-state index contributed by atoms with van der Waals surface area (Å²) < 4.78 is 12.7. The summed E-state index contributed by atoms with van der Waals surface area (Å²) in [6.07, 6.45) is 0. The van der Waals surface area contributed by atoms with Crippen LogP contribution in [0.25, 0.3) is 0 Å². The molecule has 0 bridgehead atoms. The first kappa shape index (κ1) is 20.4. The van der Waals surface area contributed by atoms with E-state index in [0.29, 0.717) is 35.3 Å². The number of carbonyl (C=O) groups is 1. The molecule has 31 heavy (non-hydrogen) atoms. The van der Waals surface area contributed by atoms with Gasteiger partial charge in [-0.1, -0.05) is 29.4 Å². The average molecular weight is 420 g/mol. The maximum Gasteiger partial charge on any atom is 0.255 e. The lowest BCUT2D eigenvalue weighted by Crippen LogP contribution is -2.31. The number of hydrogen-bond donors (Lipinski definition) is 2. The number of aryl methyl sites for hydroxylation is 1. The van der Waals surface area contributed by atoms with Crippen LogP contribution in [0.4, 0.5) is 11.6 Å². The Morgan fingerprint density at radius 3 is 2.74 bits per heavy atom. The Kier molecular flexibility index (Phi) is 5.57. The van der Waals surface area contributed by atoms with Crippen LogP contribution in [-0.4, -0.2) is 39.8 Å². The Balaban J connectivity index is 1.78. The second-order valence-electron chi connectivity index (χ2n) is 7.13. The zero-order chi connectivity index (χ0) is 22.0. The Labute approximate surface area is 180 Å². The Morgan fingerprint density at radius 1 is 1.19 bits per heavy atom. The van der Waals surface area contributed by atoms with Gasteiger partial charge >= 0.3 is 0 Å². The van der Waals surface area contributed by atoms with Crippen LogP contribution in [0.5, 0.6) is 11.5 Å². The molecule has 9 heteroatoms. The molecule has 160 valence electrons. The molecule has 0 radical (unpaired) electrons. The second kappa shape index (κ2) is 8.47. The smallest absolute Gasteiger partial charge is 0.255 e. The molecular formula is C22H24N6O3. The molecular weight excluding hydrogens is 396 g/mol. The number of allylic oxidation sites excluding steroid dienone is 1. The lowest BCUT2D eigenvalue weighted by atomic mass is 9.94. The molecule has 1 aliphatic heterocycles. The number of nitrogens with one attached hydrogen (secondary N) is 2. The number of rotatable bonds is 6. The summed E-state index contributed by atoms with van der Waals surface area (Å²) in [5.74, 6) is 1.43. The molecule has 0 spiro atoms. The number of hydrogen-bond acceptors (Lipinski definition) is 7. The lowest BCUT2D eigenvalue weighted by Gasteiger charge is -2.28. The number of nitrogens with zero attached hydrogens (tertiary/aromatic N) is 4. The monoisotopic (exact) mass is 420 g/mol. The molecule has 0 unspecified atom stereocenters. The third kappa shape index (κ3) is 3.81. The Bertz CT molecular complexity index is 1150. The summed E-state index contributed by atoms with van der Waals surface area (Å²) in [5, 5.41) is 18.1. The SMILES string of the molecule is CCOc1ccc([C@H]2C(C(=O)Nc3ccccc3C)=C(C)Nc3nnnn32)cc1OC. The summed E-state index contributed by atoms with van der Waals surface area (Å²) in [6.45, 7) is 6.21. The molecule has 9 nitrogen and oxygen atoms in total. The molecule has 1 amide bonds. The van der Waals surface area contributed by atoms with Crippen molar-refractivity contribution in [2.45, 2.75) is 26.8 Å². The van der Waals surface area contributed by atoms with E-state index in [0.717, 1.165) is 16.8 Å². The van der Waals surface area contributed by atoms with Gasteiger partial charge in [0.2, 0.25) is 5.95 Å². The van der Waals surface area contributed by atoms with Crippen molar-refractivity contribution >= 4 is 17.5 Å². The topological polar surface area (TPSA) is 103 Å². The highest BCUT2D eigenvalue weighted by molar-refractivity contribution is 6.06. The minimum atomic E-state index is -0.542. The number of benzene rings is 2. The van der Waals surface area contributed by atoms with Crippen molar-refractivity contribution in [3.8, 4) is 11.5 Å². The quantitative estimate of drug-likeness (QED) is 0.630. The van der Waals surface area contributed by atoms with Gasteiger partial charge in [-0.3, -0.25) is 4.79 Å². The van der Waals surface area contributed by atoms with Crippen molar-refractivity contribution in [2.75, 3.05) is 24.4 Å². The van der Waals surface area contributed by atoms with E-state index in [1.807, 2.05) is 63.2 Å². The third-order valence-electron chi connectivity index (χ3n) is 5.16. The molecule has 0 fully saturated rings. The number of methoxy groups -OCH3 is 1. The van der Waals surface area contributed by atoms with Crippen molar-refractivity contribution in [3.05, 3.63) is 64.9 Å². The van der Waals surface area contributed by atoms with Crippen LogP contribution >= 0.6 is 0 Å². The molecule has 0 aliphatic carbocycles. The predicted octanol–water partition coefficient (Wildman–Crippen LogP) is 3.32. The molecule has 2 aromatic carbocycles. The predicted molar refractivity (Wildman–Crippen MR) is 116 cm³/mol. The summed E-state index contributed by atoms with van der Waals surface area (Å²) >= 11 is 0. The molecule has 1 aliphatic rings. The minimum Gasteiger partial charge on any atom is -0.493 e. The Morgan fingerprint density at radius 2 is 2.00 bits per heavy atom. The van der Waals surface area contributed by atoms with Crippen LogP contribution in [0.1, 0.15) is 31.0 Å². The normalized spacial score (nSPS) is 15.2. The van der Waals surface area contributed by atoms with Gasteiger partial charge < -0.3 is 20.1 Å². The highest BCUT2D eigenvalue weighted by Gasteiger charge is 2.34. The molecule has 1 aromatic heterocycles. The van der Waals surface area contributed by atoms with Gasteiger partial charge in [-0.05, 0) is 60.5 Å². The largest absolute Gasteiger partial charge is 0.493 e. The van der Waals surface area contributed by atoms with Crippen LogP contribution in [-0.2, 0) is 4.79 Å². The number of anilines is 2. The zero-order valence-electron chi connectivity index (χ0n) is 17.8. The van der Waals surface area contributed by atoms with Crippen LogP contribution in [0.3, 0.4) is 0 Å². The van der Waals surface area contributed by atoms with Gasteiger partial charge in [0.05, 0.1) is 19.3 Å². The summed E-state index contributed by atoms with van der Waals surface area (Å²) in [4.78, 5) is 13.4. The van der Waals surface area contributed by atoms with E-state index in [2.05, 4.69) is 26.2 Å². The van der Waals surface area contributed by atoms with Gasteiger partial charge in [-0.2, -0.15) is 4.68 Å². The molecule has 3 aromatic rings. The highest BCUT2D eigenvalue weighted by atomic mass is 16.5. The van der Waals surface area contributed by atoms with E-state index in [4.69, 9.17) is 9.47 Å². The molecule has 0 saturated heterocycles. The molecule has 2 heterocycles. The molecule has 4 rings (SSSR count). The van der Waals surface area contributed by atoms with Crippen molar-refractivity contribution in [2.24, 2.45) is 0 Å². The minimum absolute atomic E-state index is 0.238. The fourth-order valence-corrected chi connectivity index (χ4v) is 3.65. The van der Waals surface area contributed by atoms with Crippen LogP contribution in [0.15, 0.2) is 53.7 Å². The molecule has 2 N–H and O–H groups in total. The zero-order valence-corrected chi connectivity index (χ0v) is 17.8. The third-order valence-corrected chi connectivity index (χ3v) is 5.16. The summed E-state index contributed by atoms with van der Waals surface area (Å²) in [7, 11) is 1.58. The van der Waals surface area contributed by atoms with Gasteiger partial charge in [0.1, 0.15) is 6.04 Å². The fraction of sp³-hybridized carbons (Fsp3) is 0.273. The van der Waals surface area contributed by atoms with Gasteiger partial charge in [0.25, 0.3) is 5.91 Å². The van der Waals surface area contributed by atoms with Crippen molar-refractivity contribution in [3.63, 3.8) is 0 Å². The molecule has 0 saturated carbocycles. The lowest BCUT2D eigenvalue weighted by molar-refractivity contribution is -0.113. The second-order valence-corrected chi connectivity index (χ2v) is 7.13. The van der Waals surface area contributed by atoms with Gasteiger partial charge in [-0.25, -0.2) is 0 Å². The van der Waals surface area contributed by atoms with Gasteiger partial charge in [0, 0.05) is 11.4 Å². The van der Waals surface area contributed by atoms with E-state index in [1.165, 1.54) is 0 Å². The first-order chi connectivity index (χ1) is 15.0. The van der Waals surface area contributed by atoms with E-state index in [9.17, 15) is 4.79 Å². The van der Waals surface area contributed by atoms with E-state index < -0.39 is 6.04 Å². The number of ether oxygens (including phenoxy) is 2. The van der Waals surface area contributed by atoms with Crippen LogP contribution < -0.4 is 20.1 Å². The summed E-state index contributed by atoms with van der Waals surface area (Å²) in [5.41, 5.74) is 3.70. The van der Waals surface area contributed by atoms with Crippen molar-refractivity contribution in [1.82, 2.24) is 20.2 Å².